The van der Waals surface area contributed by atoms with Gasteiger partial charge in [-0.15, -0.1) is 0 Å². The van der Waals surface area contributed by atoms with Crippen LogP contribution >= 0.6 is 0 Å². The first-order chi connectivity index (χ1) is 10.7. The van der Waals surface area contributed by atoms with Crippen molar-refractivity contribution in [3.8, 4) is 0 Å². The van der Waals surface area contributed by atoms with Gasteiger partial charge < -0.3 is 4.42 Å². The molecule has 2 rings (SSSR count). The summed E-state index contributed by atoms with van der Waals surface area (Å²) in [6.07, 6.45) is 9.73. The highest BCUT2D eigenvalue weighted by atomic mass is 16.4. The first kappa shape index (κ1) is 16.5. The van der Waals surface area contributed by atoms with Crippen LogP contribution in [0.1, 0.15) is 58.3 Å². The van der Waals surface area contributed by atoms with Crippen LogP contribution in [0, 0.1) is 0 Å². The van der Waals surface area contributed by atoms with Gasteiger partial charge in [0.2, 0.25) is 0 Å². The molecule has 0 N–H and O–H groups in total. The molecule has 2 aromatic rings. The lowest BCUT2D eigenvalue weighted by Gasteiger charge is -2.08. The van der Waals surface area contributed by atoms with Crippen LogP contribution in [0.3, 0.4) is 0 Å². The van der Waals surface area contributed by atoms with Crippen molar-refractivity contribution in [3.63, 3.8) is 0 Å². The lowest BCUT2D eigenvalue weighted by atomic mass is 10.1. The summed E-state index contributed by atoms with van der Waals surface area (Å²) >= 11 is 0. The van der Waals surface area contributed by atoms with Crippen molar-refractivity contribution in [3.05, 3.63) is 45.2 Å². The third kappa shape index (κ3) is 4.33. The van der Waals surface area contributed by atoms with Crippen molar-refractivity contribution in [1.29, 1.82) is 0 Å². The van der Waals surface area contributed by atoms with Crippen molar-refractivity contribution in [1.82, 2.24) is 4.57 Å². The van der Waals surface area contributed by atoms with Crippen LogP contribution in [0.25, 0.3) is 10.9 Å². The van der Waals surface area contributed by atoms with E-state index in [0.29, 0.717) is 17.4 Å². The molecule has 0 aliphatic carbocycles. The predicted octanol–water partition coefficient (Wildman–Crippen LogP) is 4.10. The maximum absolute atomic E-state index is 11.9. The molecule has 0 unspecified atom stereocenters. The second kappa shape index (κ2) is 8.57. The molecule has 120 valence electrons. The summed E-state index contributed by atoms with van der Waals surface area (Å²) in [6.45, 7) is 2.83. The van der Waals surface area contributed by atoms with Gasteiger partial charge in [0.1, 0.15) is 0 Å². The monoisotopic (exact) mass is 303 g/mol. The molecule has 1 heterocycles. The first-order valence-electron chi connectivity index (χ1n) is 8.36. The van der Waals surface area contributed by atoms with E-state index in [1.165, 1.54) is 38.5 Å². The molecular formula is C18H25NO3. The van der Waals surface area contributed by atoms with Crippen molar-refractivity contribution < 1.29 is 4.42 Å². The maximum Gasteiger partial charge on any atom is 0.422 e. The van der Waals surface area contributed by atoms with Crippen molar-refractivity contribution in [2.24, 2.45) is 0 Å². The molecule has 0 amide bonds. The number of rotatable bonds is 9. The van der Waals surface area contributed by atoms with E-state index < -0.39 is 11.4 Å². The van der Waals surface area contributed by atoms with E-state index in [2.05, 4.69) is 6.92 Å². The Hall–Kier alpha value is -1.84. The maximum atomic E-state index is 11.9. The van der Waals surface area contributed by atoms with Crippen LogP contribution < -0.4 is 11.4 Å². The molecule has 0 saturated heterocycles. The average molecular weight is 303 g/mol. The van der Waals surface area contributed by atoms with E-state index in [1.54, 1.807) is 22.8 Å². The van der Waals surface area contributed by atoms with Gasteiger partial charge in [0.15, 0.2) is 0 Å². The number of hydrogen-bond donors (Lipinski definition) is 0. The molecular weight excluding hydrogens is 278 g/mol. The minimum atomic E-state index is -0.549. The second-order valence-corrected chi connectivity index (χ2v) is 5.80. The molecule has 0 aliphatic rings. The van der Waals surface area contributed by atoms with Gasteiger partial charge in [0, 0.05) is 6.54 Å². The number of benzene rings is 1. The lowest BCUT2D eigenvalue weighted by Crippen LogP contribution is -2.25. The summed E-state index contributed by atoms with van der Waals surface area (Å²) in [7, 11) is 0. The Morgan fingerprint density at radius 2 is 1.55 bits per heavy atom. The Kier molecular flexibility index (Phi) is 6.44. The SMILES string of the molecule is CCCCCCCCCCn1c(=O)oc(=O)c2ccccc21. The van der Waals surface area contributed by atoms with Gasteiger partial charge in [0.05, 0.1) is 10.9 Å². The number of aromatic nitrogens is 1. The Morgan fingerprint density at radius 3 is 2.27 bits per heavy atom. The van der Waals surface area contributed by atoms with E-state index >= 15 is 0 Å². The fraction of sp³-hybridized carbons (Fsp3) is 0.556. The number of para-hydroxylation sites is 1. The summed E-state index contributed by atoms with van der Waals surface area (Å²) in [5, 5.41) is 0.474. The Balaban J connectivity index is 1.90. The van der Waals surface area contributed by atoms with E-state index in [-0.39, 0.29) is 0 Å². The molecule has 4 heteroatoms. The minimum absolute atomic E-state index is 0.474. The molecule has 0 radical (unpaired) electrons. The zero-order valence-corrected chi connectivity index (χ0v) is 13.3. The van der Waals surface area contributed by atoms with Gasteiger partial charge in [-0.3, -0.25) is 4.57 Å². The number of hydrogen-bond acceptors (Lipinski definition) is 3. The van der Waals surface area contributed by atoms with Gasteiger partial charge in [-0.1, -0.05) is 64.0 Å². The van der Waals surface area contributed by atoms with Gasteiger partial charge >= 0.3 is 11.4 Å². The Bertz CT molecular complexity index is 699. The molecule has 1 aromatic carbocycles. The minimum Gasteiger partial charge on any atom is -0.372 e. The van der Waals surface area contributed by atoms with Crippen LogP contribution in [-0.2, 0) is 6.54 Å². The molecule has 22 heavy (non-hydrogen) atoms. The van der Waals surface area contributed by atoms with Crippen LogP contribution in [0.15, 0.2) is 38.3 Å². The molecule has 1 aromatic heterocycles. The summed E-state index contributed by atoms with van der Waals surface area (Å²) < 4.78 is 6.37. The molecule has 0 spiro atoms. The van der Waals surface area contributed by atoms with Gasteiger partial charge in [-0.2, -0.15) is 0 Å². The average Bonchev–Trinajstić information content (AvgIpc) is 2.52. The topological polar surface area (TPSA) is 52.2 Å². The number of unbranched alkanes of at least 4 members (excludes halogenated alkanes) is 7. The number of nitrogens with zero attached hydrogens (tertiary/aromatic N) is 1. The smallest absolute Gasteiger partial charge is 0.372 e. The van der Waals surface area contributed by atoms with Crippen molar-refractivity contribution in [2.75, 3.05) is 0 Å². The van der Waals surface area contributed by atoms with E-state index in [4.69, 9.17) is 4.42 Å². The summed E-state index contributed by atoms with van der Waals surface area (Å²) in [4.78, 5) is 23.6. The quantitative estimate of drug-likeness (QED) is 0.655. The molecule has 4 nitrogen and oxygen atoms in total. The van der Waals surface area contributed by atoms with Crippen LogP contribution in [-0.4, -0.2) is 4.57 Å². The molecule has 0 atom stereocenters. The standard InChI is InChI=1S/C18H25NO3/c1-2-3-4-5-6-7-8-11-14-19-16-13-10-9-12-15(16)17(20)22-18(19)21/h9-10,12-13H,2-8,11,14H2,1H3. The Labute approximate surface area is 130 Å². The van der Waals surface area contributed by atoms with E-state index in [0.717, 1.165) is 12.8 Å². The highest BCUT2D eigenvalue weighted by Crippen LogP contribution is 2.11. The summed E-state index contributed by atoms with van der Waals surface area (Å²) in [5.41, 5.74) is 0.125. The number of fused-ring (bicyclic) bond motifs is 1. The van der Waals surface area contributed by atoms with Crippen molar-refractivity contribution in [2.45, 2.75) is 64.8 Å². The zero-order valence-electron chi connectivity index (χ0n) is 13.3. The van der Waals surface area contributed by atoms with Crippen LogP contribution in [0.5, 0.6) is 0 Å². The Morgan fingerprint density at radius 1 is 0.909 bits per heavy atom. The molecule has 0 fully saturated rings. The summed E-state index contributed by atoms with van der Waals surface area (Å²) in [5.74, 6) is -0.549. The first-order valence-corrected chi connectivity index (χ1v) is 8.36. The third-order valence-electron chi connectivity index (χ3n) is 4.05. The fourth-order valence-electron chi connectivity index (χ4n) is 2.78. The summed E-state index contributed by atoms with van der Waals surface area (Å²) in [6, 6.07) is 7.12. The number of aryl methyl sites for hydroxylation is 1. The predicted molar refractivity (Wildman–Crippen MR) is 89.4 cm³/mol. The highest BCUT2D eigenvalue weighted by molar-refractivity contribution is 5.77. The van der Waals surface area contributed by atoms with Gasteiger partial charge in [0.25, 0.3) is 0 Å². The largest absolute Gasteiger partial charge is 0.422 e. The van der Waals surface area contributed by atoms with E-state index in [9.17, 15) is 9.59 Å². The van der Waals surface area contributed by atoms with E-state index in [1.807, 2.05) is 6.07 Å². The lowest BCUT2D eigenvalue weighted by molar-refractivity contribution is 0.408. The fourth-order valence-corrected chi connectivity index (χ4v) is 2.78. The van der Waals surface area contributed by atoms with Gasteiger partial charge in [-0.25, -0.2) is 9.59 Å². The van der Waals surface area contributed by atoms with Crippen LogP contribution in [0.2, 0.25) is 0 Å². The molecule has 0 bridgehead atoms. The zero-order chi connectivity index (χ0) is 15.8. The van der Waals surface area contributed by atoms with Crippen LogP contribution in [0.4, 0.5) is 0 Å². The normalized spacial score (nSPS) is 11.1. The second-order valence-electron chi connectivity index (χ2n) is 5.80. The molecule has 0 saturated carbocycles. The molecule has 0 aliphatic heterocycles. The highest BCUT2D eigenvalue weighted by Gasteiger charge is 2.08. The van der Waals surface area contributed by atoms with Crippen molar-refractivity contribution >= 4 is 10.9 Å². The third-order valence-corrected chi connectivity index (χ3v) is 4.05. The van der Waals surface area contributed by atoms with Gasteiger partial charge in [-0.05, 0) is 18.6 Å².